The lowest BCUT2D eigenvalue weighted by Crippen LogP contribution is -2.33. The molecule has 0 saturated carbocycles. The molecule has 1 aliphatic rings. The third-order valence-corrected chi connectivity index (χ3v) is 6.07. The molecule has 1 aromatic carbocycles. The molecule has 1 atom stereocenters. The summed E-state index contributed by atoms with van der Waals surface area (Å²) in [5.74, 6) is 0.0234. The topological polar surface area (TPSA) is 61.1 Å². The molecule has 3 heterocycles. The maximum atomic E-state index is 13.4. The number of likely N-dealkylation sites (N-methyl/N-ethyl adjacent to an activating group) is 1. The fraction of sp³-hybridized carbons (Fsp3) is 0.440. The Balaban J connectivity index is 1.60. The van der Waals surface area contributed by atoms with Gasteiger partial charge in [-0.15, -0.1) is 0 Å². The summed E-state index contributed by atoms with van der Waals surface area (Å²) in [4.78, 5) is 22.2. The number of aliphatic hydroxyl groups is 1. The summed E-state index contributed by atoms with van der Waals surface area (Å²) >= 11 is 0. The number of aliphatic hydroxyl groups excluding tert-OH is 1. The number of pyridine rings is 1. The van der Waals surface area contributed by atoms with Gasteiger partial charge in [-0.1, -0.05) is 43.2 Å². The van der Waals surface area contributed by atoms with Crippen molar-refractivity contribution >= 4 is 11.6 Å². The van der Waals surface area contributed by atoms with Crippen molar-refractivity contribution in [1.82, 2.24) is 19.2 Å². The lowest BCUT2D eigenvalue weighted by atomic mass is 10.1. The number of likely N-dealkylation sites (tertiary alicyclic amines) is 1. The Kier molecular flexibility index (Phi) is 6.68. The smallest absolute Gasteiger partial charge is 0.274 e. The lowest BCUT2D eigenvalue weighted by Gasteiger charge is -2.23. The van der Waals surface area contributed by atoms with Crippen LogP contribution in [0.2, 0.25) is 0 Å². The molecule has 1 aliphatic heterocycles. The molecule has 2 aromatic heterocycles. The summed E-state index contributed by atoms with van der Waals surface area (Å²) in [6.45, 7) is 4.64. The van der Waals surface area contributed by atoms with E-state index in [0.29, 0.717) is 18.8 Å². The molecule has 1 saturated heterocycles. The first-order valence-electron chi connectivity index (χ1n) is 11.2. The highest BCUT2D eigenvalue weighted by atomic mass is 16.3. The molecule has 164 valence electrons. The Morgan fingerprint density at radius 3 is 2.55 bits per heavy atom. The van der Waals surface area contributed by atoms with Crippen molar-refractivity contribution in [3.8, 4) is 0 Å². The Bertz CT molecular complexity index is 1020. The number of nitrogens with zero attached hydrogens (tertiary/aromatic N) is 4. The van der Waals surface area contributed by atoms with Gasteiger partial charge in [0.25, 0.3) is 5.91 Å². The Morgan fingerprint density at radius 1 is 1.13 bits per heavy atom. The SMILES string of the molecule is Cc1ccn2c(CN(C)C[C@@H](O)c3ccccc3)c(C(=O)N3CCCCCC3)nc2c1. The summed E-state index contributed by atoms with van der Waals surface area (Å²) in [5, 5.41) is 10.6. The highest BCUT2D eigenvalue weighted by Crippen LogP contribution is 2.21. The maximum Gasteiger partial charge on any atom is 0.274 e. The summed E-state index contributed by atoms with van der Waals surface area (Å²) in [6, 6.07) is 13.7. The standard InChI is InChI=1S/C25H32N4O2/c1-19-12-15-29-21(17-27(2)18-22(30)20-10-6-5-7-11-20)24(26-23(29)16-19)25(31)28-13-8-3-4-9-14-28/h5-7,10-12,15-16,22,30H,3-4,8-9,13-14,17-18H2,1-2H3/t22-/m1/s1. The van der Waals surface area contributed by atoms with Crippen LogP contribution in [0, 0.1) is 6.92 Å². The van der Waals surface area contributed by atoms with Gasteiger partial charge in [-0.25, -0.2) is 4.98 Å². The number of aryl methyl sites for hydroxylation is 1. The van der Waals surface area contributed by atoms with Crippen molar-refractivity contribution in [2.24, 2.45) is 0 Å². The Labute approximate surface area is 184 Å². The van der Waals surface area contributed by atoms with Crippen LogP contribution in [0.4, 0.5) is 0 Å². The van der Waals surface area contributed by atoms with Crippen molar-refractivity contribution < 1.29 is 9.90 Å². The van der Waals surface area contributed by atoms with Gasteiger partial charge in [0, 0.05) is 32.4 Å². The molecule has 1 fully saturated rings. The molecule has 4 rings (SSSR count). The number of fused-ring (bicyclic) bond motifs is 1. The van der Waals surface area contributed by atoms with E-state index < -0.39 is 6.10 Å². The molecule has 0 spiro atoms. The van der Waals surface area contributed by atoms with Crippen LogP contribution in [0.3, 0.4) is 0 Å². The molecular formula is C25H32N4O2. The van der Waals surface area contributed by atoms with Crippen molar-refractivity contribution in [3.63, 3.8) is 0 Å². The maximum absolute atomic E-state index is 13.4. The van der Waals surface area contributed by atoms with E-state index in [9.17, 15) is 9.90 Å². The van der Waals surface area contributed by atoms with Crippen LogP contribution in [-0.4, -0.2) is 56.9 Å². The highest BCUT2D eigenvalue weighted by molar-refractivity contribution is 5.94. The number of aromatic nitrogens is 2. The zero-order valence-corrected chi connectivity index (χ0v) is 18.5. The molecule has 0 radical (unpaired) electrons. The van der Waals surface area contributed by atoms with Gasteiger partial charge >= 0.3 is 0 Å². The number of hydrogen-bond acceptors (Lipinski definition) is 4. The third-order valence-electron chi connectivity index (χ3n) is 6.07. The third kappa shape index (κ3) is 4.97. The lowest BCUT2D eigenvalue weighted by molar-refractivity contribution is 0.0753. The molecule has 0 aliphatic carbocycles. The van der Waals surface area contributed by atoms with E-state index in [-0.39, 0.29) is 5.91 Å². The molecule has 6 nitrogen and oxygen atoms in total. The number of benzene rings is 1. The van der Waals surface area contributed by atoms with Crippen molar-refractivity contribution in [1.29, 1.82) is 0 Å². The van der Waals surface area contributed by atoms with Crippen LogP contribution in [0.15, 0.2) is 48.7 Å². The summed E-state index contributed by atoms with van der Waals surface area (Å²) in [5.41, 5.74) is 4.22. The van der Waals surface area contributed by atoms with Crippen LogP contribution in [0.5, 0.6) is 0 Å². The summed E-state index contributed by atoms with van der Waals surface area (Å²) in [6.07, 6.45) is 5.88. The fourth-order valence-electron chi connectivity index (χ4n) is 4.34. The minimum absolute atomic E-state index is 0.0234. The van der Waals surface area contributed by atoms with Gasteiger partial charge < -0.3 is 14.4 Å². The van der Waals surface area contributed by atoms with Crippen LogP contribution in [-0.2, 0) is 6.54 Å². The van der Waals surface area contributed by atoms with E-state index in [0.717, 1.165) is 48.4 Å². The van der Waals surface area contributed by atoms with Crippen LogP contribution in [0.25, 0.3) is 5.65 Å². The predicted octanol–water partition coefficient (Wildman–Crippen LogP) is 3.82. The predicted molar refractivity (Wildman–Crippen MR) is 122 cm³/mol. The number of amides is 1. The minimum Gasteiger partial charge on any atom is -0.387 e. The van der Waals surface area contributed by atoms with Gasteiger partial charge in [0.2, 0.25) is 0 Å². The number of rotatable bonds is 6. The van der Waals surface area contributed by atoms with Crippen LogP contribution >= 0.6 is 0 Å². The second-order valence-corrected chi connectivity index (χ2v) is 8.67. The fourth-order valence-corrected chi connectivity index (χ4v) is 4.34. The molecule has 0 bridgehead atoms. The minimum atomic E-state index is -0.586. The first-order chi connectivity index (χ1) is 15.0. The van der Waals surface area contributed by atoms with Gasteiger partial charge in [0.05, 0.1) is 11.8 Å². The molecule has 31 heavy (non-hydrogen) atoms. The van der Waals surface area contributed by atoms with Crippen LogP contribution in [0.1, 0.15) is 59.1 Å². The number of hydrogen-bond donors (Lipinski definition) is 1. The molecule has 6 heteroatoms. The molecule has 1 amide bonds. The van der Waals surface area contributed by atoms with E-state index >= 15 is 0 Å². The summed E-state index contributed by atoms with van der Waals surface area (Å²) in [7, 11) is 1.97. The Hall–Kier alpha value is -2.70. The first-order valence-corrected chi connectivity index (χ1v) is 11.2. The van der Waals surface area contributed by atoms with Gasteiger partial charge in [0.15, 0.2) is 5.69 Å². The number of carbonyl (C=O) groups is 1. The van der Waals surface area contributed by atoms with Crippen LogP contribution < -0.4 is 0 Å². The van der Waals surface area contributed by atoms with Gasteiger partial charge in [-0.05, 0) is 50.1 Å². The van der Waals surface area contributed by atoms with Gasteiger partial charge in [0.1, 0.15) is 5.65 Å². The number of imidazole rings is 1. The van der Waals surface area contributed by atoms with Gasteiger partial charge in [-0.3, -0.25) is 9.69 Å². The largest absolute Gasteiger partial charge is 0.387 e. The van der Waals surface area contributed by atoms with Crippen molar-refractivity contribution in [2.75, 3.05) is 26.7 Å². The van der Waals surface area contributed by atoms with E-state index in [1.807, 2.05) is 71.9 Å². The zero-order valence-electron chi connectivity index (χ0n) is 18.5. The monoisotopic (exact) mass is 420 g/mol. The van der Waals surface area contributed by atoms with Crippen molar-refractivity contribution in [3.05, 3.63) is 71.2 Å². The highest BCUT2D eigenvalue weighted by Gasteiger charge is 2.25. The molecule has 3 aromatic rings. The molecule has 0 unspecified atom stereocenters. The molecular weight excluding hydrogens is 388 g/mol. The zero-order chi connectivity index (χ0) is 21.8. The molecule has 1 N–H and O–H groups in total. The normalized spacial score (nSPS) is 15.9. The van der Waals surface area contributed by atoms with Crippen molar-refractivity contribution in [2.45, 2.75) is 45.3 Å². The average Bonchev–Trinajstić information content (AvgIpc) is 2.93. The quantitative estimate of drug-likeness (QED) is 0.659. The van der Waals surface area contributed by atoms with E-state index in [1.54, 1.807) is 0 Å². The average molecular weight is 421 g/mol. The second-order valence-electron chi connectivity index (χ2n) is 8.67. The summed E-state index contributed by atoms with van der Waals surface area (Å²) < 4.78 is 2.02. The van der Waals surface area contributed by atoms with E-state index in [1.165, 1.54) is 12.8 Å². The van der Waals surface area contributed by atoms with E-state index in [2.05, 4.69) is 4.90 Å². The Morgan fingerprint density at radius 2 is 1.84 bits per heavy atom. The first kappa shape index (κ1) is 21.5. The second kappa shape index (κ2) is 9.62. The van der Waals surface area contributed by atoms with Gasteiger partial charge in [-0.2, -0.15) is 0 Å². The number of carbonyl (C=O) groups excluding carboxylic acids is 1. The van der Waals surface area contributed by atoms with E-state index in [4.69, 9.17) is 4.98 Å².